The molecule has 1 saturated heterocycles. The molecule has 26 heavy (non-hydrogen) atoms. The van der Waals surface area contributed by atoms with E-state index in [-0.39, 0.29) is 11.8 Å². The third-order valence-corrected chi connectivity index (χ3v) is 5.05. The minimum Gasteiger partial charge on any atom is -0.493 e. The number of piperidine rings is 1. The molecule has 1 atom stereocenters. The van der Waals surface area contributed by atoms with Crippen LogP contribution in [0.4, 0.5) is 0 Å². The molecule has 5 nitrogen and oxygen atoms in total. The van der Waals surface area contributed by atoms with Crippen LogP contribution in [-0.4, -0.2) is 43.2 Å². The molecule has 2 aromatic rings. The molecule has 0 bridgehead atoms. The van der Waals surface area contributed by atoms with Gasteiger partial charge < -0.3 is 19.5 Å². The number of amides is 1. The summed E-state index contributed by atoms with van der Waals surface area (Å²) in [6, 6.07) is 15.0. The summed E-state index contributed by atoms with van der Waals surface area (Å²) in [5.74, 6) is 1.11. The molecule has 2 aromatic carbocycles. The summed E-state index contributed by atoms with van der Waals surface area (Å²) in [4.78, 5) is 14.7. The van der Waals surface area contributed by atoms with Crippen LogP contribution in [0.2, 0.25) is 0 Å². The number of hydrogen-bond donors (Lipinski definition) is 1. The van der Waals surface area contributed by atoms with Crippen molar-refractivity contribution in [3.8, 4) is 11.5 Å². The van der Waals surface area contributed by atoms with Crippen LogP contribution >= 0.6 is 0 Å². The predicted molar refractivity (Wildman–Crippen MR) is 99.6 cm³/mol. The van der Waals surface area contributed by atoms with Gasteiger partial charge >= 0.3 is 0 Å². The van der Waals surface area contributed by atoms with E-state index in [0.717, 1.165) is 18.4 Å². The van der Waals surface area contributed by atoms with E-state index in [0.29, 0.717) is 30.2 Å². The van der Waals surface area contributed by atoms with Gasteiger partial charge in [0.15, 0.2) is 11.5 Å². The predicted octanol–water partition coefficient (Wildman–Crippen LogP) is 3.29. The highest BCUT2D eigenvalue weighted by Gasteiger charge is 2.30. The minimum atomic E-state index is -0.486. The molecule has 138 valence electrons. The van der Waals surface area contributed by atoms with Crippen molar-refractivity contribution >= 4 is 5.91 Å². The Balaban J connectivity index is 1.68. The molecule has 1 aliphatic heterocycles. The number of methoxy groups -OCH3 is 2. The number of ether oxygens (including phenoxy) is 2. The summed E-state index contributed by atoms with van der Waals surface area (Å²) in [6.45, 7) is 1.24. The van der Waals surface area contributed by atoms with Crippen molar-refractivity contribution < 1.29 is 19.4 Å². The number of carbonyl (C=O) groups excluding carboxylic acids is 1. The van der Waals surface area contributed by atoms with E-state index < -0.39 is 6.10 Å². The molecule has 0 saturated carbocycles. The van der Waals surface area contributed by atoms with Crippen molar-refractivity contribution in [1.29, 1.82) is 0 Å². The van der Waals surface area contributed by atoms with Crippen LogP contribution in [-0.2, 0) is 0 Å². The first kappa shape index (κ1) is 18.3. The maximum absolute atomic E-state index is 12.9. The standard InChI is InChI=1S/C21H25NO4/c1-25-18-10-6-9-17(20(18)26-2)21(24)22-13-11-16(12-14-22)19(23)15-7-4-3-5-8-15/h3-10,16,19,23H,11-14H2,1-2H3. The van der Waals surface area contributed by atoms with Crippen LogP contribution in [0.15, 0.2) is 48.5 Å². The summed E-state index contributed by atoms with van der Waals surface area (Å²) in [7, 11) is 3.10. The van der Waals surface area contributed by atoms with Crippen LogP contribution in [0.3, 0.4) is 0 Å². The minimum absolute atomic E-state index is 0.0617. The number of benzene rings is 2. The van der Waals surface area contributed by atoms with Gasteiger partial charge in [0.05, 0.1) is 25.9 Å². The number of para-hydroxylation sites is 1. The summed E-state index contributed by atoms with van der Waals surface area (Å²) < 4.78 is 10.7. The molecule has 0 spiro atoms. The van der Waals surface area contributed by atoms with Crippen LogP contribution < -0.4 is 9.47 Å². The third-order valence-electron chi connectivity index (χ3n) is 5.05. The average molecular weight is 355 g/mol. The molecular formula is C21H25NO4. The number of likely N-dealkylation sites (tertiary alicyclic amines) is 1. The zero-order valence-electron chi connectivity index (χ0n) is 15.2. The van der Waals surface area contributed by atoms with Crippen LogP contribution in [0, 0.1) is 5.92 Å². The second-order valence-electron chi connectivity index (χ2n) is 6.53. The summed E-state index contributed by atoms with van der Waals surface area (Å²) in [6.07, 6.45) is 1.06. The summed E-state index contributed by atoms with van der Waals surface area (Å²) >= 11 is 0. The summed E-state index contributed by atoms with van der Waals surface area (Å²) in [5, 5.41) is 10.6. The molecule has 0 aliphatic carbocycles. The van der Waals surface area contributed by atoms with Gasteiger partial charge in [-0.2, -0.15) is 0 Å². The SMILES string of the molecule is COc1cccc(C(=O)N2CCC(C(O)c3ccccc3)CC2)c1OC. The molecule has 0 radical (unpaired) electrons. The Morgan fingerprint density at radius 1 is 1.04 bits per heavy atom. The molecule has 5 heteroatoms. The van der Waals surface area contributed by atoms with E-state index >= 15 is 0 Å². The van der Waals surface area contributed by atoms with E-state index in [1.54, 1.807) is 25.3 Å². The molecule has 1 unspecified atom stereocenters. The van der Waals surface area contributed by atoms with E-state index in [1.807, 2.05) is 35.2 Å². The number of nitrogens with zero attached hydrogens (tertiary/aromatic N) is 1. The van der Waals surface area contributed by atoms with E-state index in [2.05, 4.69) is 0 Å². The first-order chi connectivity index (χ1) is 12.7. The van der Waals surface area contributed by atoms with Crippen molar-refractivity contribution in [1.82, 2.24) is 4.90 Å². The van der Waals surface area contributed by atoms with Crippen molar-refractivity contribution in [2.45, 2.75) is 18.9 Å². The smallest absolute Gasteiger partial charge is 0.257 e. The van der Waals surface area contributed by atoms with Gasteiger partial charge in [-0.25, -0.2) is 0 Å². The molecule has 1 amide bonds. The Labute approximate surface area is 154 Å². The molecular weight excluding hydrogens is 330 g/mol. The number of rotatable bonds is 5. The van der Waals surface area contributed by atoms with Gasteiger partial charge in [-0.15, -0.1) is 0 Å². The van der Waals surface area contributed by atoms with Gasteiger partial charge in [-0.05, 0) is 36.5 Å². The lowest BCUT2D eigenvalue weighted by molar-refractivity contribution is 0.0460. The fraction of sp³-hybridized carbons (Fsp3) is 0.381. The van der Waals surface area contributed by atoms with Gasteiger partial charge in [0.1, 0.15) is 0 Å². The highest BCUT2D eigenvalue weighted by atomic mass is 16.5. The van der Waals surface area contributed by atoms with Crippen molar-refractivity contribution in [2.75, 3.05) is 27.3 Å². The van der Waals surface area contributed by atoms with Crippen molar-refractivity contribution in [2.24, 2.45) is 5.92 Å². The van der Waals surface area contributed by atoms with Gasteiger partial charge in [-0.1, -0.05) is 36.4 Å². The van der Waals surface area contributed by atoms with Crippen molar-refractivity contribution in [3.63, 3.8) is 0 Å². The Morgan fingerprint density at radius 2 is 1.73 bits per heavy atom. The van der Waals surface area contributed by atoms with Crippen LogP contribution in [0.5, 0.6) is 11.5 Å². The molecule has 1 N–H and O–H groups in total. The lowest BCUT2D eigenvalue weighted by atomic mass is 9.87. The fourth-order valence-electron chi connectivity index (χ4n) is 3.57. The Morgan fingerprint density at radius 3 is 2.35 bits per heavy atom. The Bertz CT molecular complexity index is 739. The molecule has 1 fully saturated rings. The van der Waals surface area contributed by atoms with Gasteiger partial charge in [0.25, 0.3) is 5.91 Å². The van der Waals surface area contributed by atoms with Crippen LogP contribution in [0.25, 0.3) is 0 Å². The maximum Gasteiger partial charge on any atom is 0.257 e. The quantitative estimate of drug-likeness (QED) is 0.894. The second kappa shape index (κ2) is 8.23. The zero-order chi connectivity index (χ0) is 18.5. The largest absolute Gasteiger partial charge is 0.493 e. The number of aliphatic hydroxyl groups is 1. The average Bonchev–Trinajstić information content (AvgIpc) is 2.72. The normalized spacial score (nSPS) is 16.2. The van der Waals surface area contributed by atoms with Crippen LogP contribution in [0.1, 0.15) is 34.9 Å². The Hall–Kier alpha value is -2.53. The lowest BCUT2D eigenvalue weighted by Crippen LogP contribution is -2.39. The molecule has 3 rings (SSSR count). The first-order valence-corrected chi connectivity index (χ1v) is 8.89. The van der Waals surface area contributed by atoms with Gasteiger partial charge in [-0.3, -0.25) is 4.79 Å². The van der Waals surface area contributed by atoms with Gasteiger partial charge in [0, 0.05) is 13.1 Å². The third kappa shape index (κ3) is 3.68. The lowest BCUT2D eigenvalue weighted by Gasteiger charge is -2.34. The Kier molecular flexibility index (Phi) is 5.78. The number of aliphatic hydroxyl groups excluding tert-OH is 1. The number of hydrogen-bond acceptors (Lipinski definition) is 4. The van der Waals surface area contributed by atoms with E-state index in [9.17, 15) is 9.90 Å². The highest BCUT2D eigenvalue weighted by molar-refractivity contribution is 5.97. The fourth-order valence-corrected chi connectivity index (χ4v) is 3.57. The zero-order valence-corrected chi connectivity index (χ0v) is 15.2. The maximum atomic E-state index is 12.9. The van der Waals surface area contributed by atoms with E-state index in [1.165, 1.54) is 7.11 Å². The van der Waals surface area contributed by atoms with Gasteiger partial charge in [0.2, 0.25) is 0 Å². The van der Waals surface area contributed by atoms with E-state index in [4.69, 9.17) is 9.47 Å². The molecule has 1 heterocycles. The topological polar surface area (TPSA) is 59.0 Å². The molecule has 1 aliphatic rings. The van der Waals surface area contributed by atoms with Crippen molar-refractivity contribution in [3.05, 3.63) is 59.7 Å². The second-order valence-corrected chi connectivity index (χ2v) is 6.53. The number of carbonyl (C=O) groups is 1. The monoisotopic (exact) mass is 355 g/mol. The molecule has 0 aromatic heterocycles. The highest BCUT2D eigenvalue weighted by Crippen LogP contribution is 2.34. The first-order valence-electron chi connectivity index (χ1n) is 8.89. The summed E-state index contributed by atoms with van der Waals surface area (Å²) in [5.41, 5.74) is 1.45.